The largest absolute Gasteiger partial charge is 0.407 e. The van der Waals surface area contributed by atoms with Gasteiger partial charge in [-0.3, -0.25) is 0 Å². The number of hydrogen-bond donors (Lipinski definition) is 3. The van der Waals surface area contributed by atoms with Gasteiger partial charge in [0.1, 0.15) is 0 Å². The number of rotatable bonds is 1. The van der Waals surface area contributed by atoms with Crippen molar-refractivity contribution in [1.29, 1.82) is 0 Å². The van der Waals surface area contributed by atoms with Gasteiger partial charge >= 0.3 is 8.56 Å². The van der Waals surface area contributed by atoms with Gasteiger partial charge in [0, 0.05) is 10.9 Å². The van der Waals surface area contributed by atoms with Crippen LogP contribution < -0.4 is 10.9 Å². The molecule has 0 amide bonds. The predicted octanol–water partition coefficient (Wildman–Crippen LogP) is -0.468. The highest BCUT2D eigenvalue weighted by Crippen LogP contribution is 2.02. The second-order valence-electron chi connectivity index (χ2n) is 2.61. The molecule has 3 nitrogen and oxygen atoms in total. The third kappa shape index (κ3) is 1.80. The van der Waals surface area contributed by atoms with Gasteiger partial charge in [-0.15, -0.1) is 0 Å². The molecule has 0 radical (unpaired) electrons. The molecule has 0 aliphatic rings. The summed E-state index contributed by atoms with van der Waals surface area (Å²) in [5, 5.41) is 0.472. The Morgan fingerprint density at radius 3 is 2.18 bits per heavy atom. The van der Waals surface area contributed by atoms with Gasteiger partial charge in [-0.1, -0.05) is 18.2 Å². The maximum absolute atomic E-state index is 9.28. The zero-order valence-corrected chi connectivity index (χ0v) is 7.28. The summed E-state index contributed by atoms with van der Waals surface area (Å²) in [7, 11) is -3.20. The predicted molar refractivity (Wildman–Crippen MR) is 46.5 cm³/mol. The van der Waals surface area contributed by atoms with Gasteiger partial charge in [0.05, 0.1) is 0 Å². The topological polar surface area (TPSA) is 66.5 Å². The minimum atomic E-state index is -3.20. The van der Waals surface area contributed by atoms with Crippen molar-refractivity contribution in [2.45, 2.75) is 6.55 Å². The normalized spacial score (nSPS) is 11.5. The van der Waals surface area contributed by atoms with Gasteiger partial charge in [-0.2, -0.15) is 0 Å². The lowest BCUT2D eigenvalue weighted by molar-refractivity contribution is 0.392. The Balaban J connectivity index is 3.14. The first-order valence-electron chi connectivity index (χ1n) is 3.31. The molecule has 60 valence electrons. The molecular formula is C7H11NO2Si. The highest BCUT2D eigenvalue weighted by molar-refractivity contribution is 6.78. The van der Waals surface area contributed by atoms with E-state index in [1.165, 1.54) is 6.55 Å². The summed E-state index contributed by atoms with van der Waals surface area (Å²) in [6.07, 6.45) is 0. The molecule has 0 fully saturated rings. The van der Waals surface area contributed by atoms with Crippen LogP contribution in [0.1, 0.15) is 0 Å². The van der Waals surface area contributed by atoms with E-state index in [2.05, 4.69) is 0 Å². The van der Waals surface area contributed by atoms with Crippen LogP contribution in [0.25, 0.3) is 0 Å². The summed E-state index contributed by atoms with van der Waals surface area (Å²) in [5.74, 6) is 0. The van der Waals surface area contributed by atoms with E-state index >= 15 is 0 Å². The molecule has 0 aromatic heterocycles. The molecule has 4 N–H and O–H groups in total. The zero-order valence-electron chi connectivity index (χ0n) is 6.28. The van der Waals surface area contributed by atoms with Gasteiger partial charge in [-0.25, -0.2) is 0 Å². The fraction of sp³-hybridized carbons (Fsp3) is 0.143. The molecule has 1 rings (SSSR count). The molecule has 0 heterocycles. The Bertz CT molecular complexity index is 257. The lowest BCUT2D eigenvalue weighted by Crippen LogP contribution is -2.46. The smallest absolute Gasteiger partial charge is 0.366 e. The van der Waals surface area contributed by atoms with E-state index in [0.29, 0.717) is 10.9 Å². The van der Waals surface area contributed by atoms with E-state index in [9.17, 15) is 9.59 Å². The number of nitrogens with two attached hydrogens (primary N) is 1. The van der Waals surface area contributed by atoms with E-state index < -0.39 is 8.56 Å². The maximum atomic E-state index is 9.28. The van der Waals surface area contributed by atoms with Crippen molar-refractivity contribution in [3.05, 3.63) is 24.3 Å². The van der Waals surface area contributed by atoms with Crippen LogP contribution in [0.2, 0.25) is 6.55 Å². The van der Waals surface area contributed by atoms with Crippen LogP contribution in [-0.4, -0.2) is 18.2 Å². The number of benzene rings is 1. The van der Waals surface area contributed by atoms with Crippen LogP contribution in [0.15, 0.2) is 24.3 Å². The fourth-order valence-electron chi connectivity index (χ4n) is 0.928. The zero-order chi connectivity index (χ0) is 8.48. The second kappa shape index (κ2) is 2.65. The minimum Gasteiger partial charge on any atom is -0.407 e. The van der Waals surface area contributed by atoms with Crippen LogP contribution in [-0.2, 0) is 0 Å². The molecule has 0 atom stereocenters. The number of anilines is 1. The summed E-state index contributed by atoms with van der Waals surface area (Å²) in [6.45, 7) is 1.42. The Kier molecular flexibility index (Phi) is 1.99. The van der Waals surface area contributed by atoms with Crippen molar-refractivity contribution in [1.82, 2.24) is 0 Å². The van der Waals surface area contributed by atoms with Crippen LogP contribution >= 0.6 is 0 Å². The van der Waals surface area contributed by atoms with Crippen molar-refractivity contribution in [3.8, 4) is 0 Å². The third-order valence-electron chi connectivity index (χ3n) is 1.47. The Hall–Kier alpha value is -0.843. The maximum Gasteiger partial charge on any atom is 0.366 e. The molecule has 0 saturated heterocycles. The summed E-state index contributed by atoms with van der Waals surface area (Å²) < 4.78 is 0. The number of para-hydroxylation sites is 1. The van der Waals surface area contributed by atoms with Gasteiger partial charge in [0.25, 0.3) is 0 Å². The molecule has 0 unspecified atom stereocenters. The van der Waals surface area contributed by atoms with Crippen molar-refractivity contribution in [3.63, 3.8) is 0 Å². The first kappa shape index (κ1) is 8.26. The highest BCUT2D eigenvalue weighted by Gasteiger charge is 2.26. The van der Waals surface area contributed by atoms with E-state index in [1.54, 1.807) is 24.3 Å². The molecule has 0 saturated carbocycles. The summed E-state index contributed by atoms with van der Waals surface area (Å²) in [6, 6.07) is 6.80. The van der Waals surface area contributed by atoms with Crippen molar-refractivity contribution in [2.24, 2.45) is 0 Å². The first-order valence-corrected chi connectivity index (χ1v) is 5.71. The van der Waals surface area contributed by atoms with E-state index in [0.717, 1.165) is 0 Å². The second-order valence-corrected chi connectivity index (χ2v) is 5.19. The Morgan fingerprint density at radius 1 is 1.27 bits per heavy atom. The van der Waals surface area contributed by atoms with Crippen molar-refractivity contribution in [2.75, 3.05) is 5.73 Å². The standard InChI is InChI=1S/C7H11NO2Si/c1-11(9,10)7-5-3-2-4-6(7)8/h2-5,9-10H,8H2,1H3. The number of hydrogen-bond acceptors (Lipinski definition) is 3. The third-order valence-corrected chi connectivity index (χ3v) is 2.95. The fourth-order valence-corrected chi connectivity index (χ4v) is 1.97. The van der Waals surface area contributed by atoms with Gasteiger partial charge in [-0.05, 0) is 12.6 Å². The molecule has 1 aromatic rings. The molecule has 4 heteroatoms. The van der Waals surface area contributed by atoms with Gasteiger partial charge in [0.15, 0.2) is 0 Å². The van der Waals surface area contributed by atoms with E-state index in [-0.39, 0.29) is 0 Å². The summed E-state index contributed by atoms with van der Waals surface area (Å²) in [5.41, 5.74) is 5.97. The van der Waals surface area contributed by atoms with Gasteiger partial charge < -0.3 is 15.3 Å². The van der Waals surface area contributed by atoms with Crippen LogP contribution in [0.4, 0.5) is 5.69 Å². The van der Waals surface area contributed by atoms with E-state index in [1.807, 2.05) is 0 Å². The number of nitrogen functional groups attached to an aromatic ring is 1. The molecule has 11 heavy (non-hydrogen) atoms. The van der Waals surface area contributed by atoms with Crippen LogP contribution in [0.5, 0.6) is 0 Å². The lowest BCUT2D eigenvalue weighted by atomic mass is 10.3. The Labute approximate surface area is 66.4 Å². The first-order chi connectivity index (χ1) is 5.02. The van der Waals surface area contributed by atoms with Crippen LogP contribution in [0, 0.1) is 0 Å². The lowest BCUT2D eigenvalue weighted by Gasteiger charge is -2.13. The minimum absolute atomic E-state index is 0.451. The average molecular weight is 169 g/mol. The SMILES string of the molecule is C[Si](O)(O)c1ccccc1N. The molecule has 0 aliphatic heterocycles. The molecule has 1 aromatic carbocycles. The molecule has 0 aliphatic carbocycles. The van der Waals surface area contributed by atoms with Gasteiger partial charge in [0.2, 0.25) is 0 Å². The highest BCUT2D eigenvalue weighted by atomic mass is 28.4. The van der Waals surface area contributed by atoms with Crippen LogP contribution in [0.3, 0.4) is 0 Å². The monoisotopic (exact) mass is 169 g/mol. The van der Waals surface area contributed by atoms with Crippen molar-refractivity contribution < 1.29 is 9.59 Å². The molecular weight excluding hydrogens is 158 g/mol. The van der Waals surface area contributed by atoms with E-state index in [4.69, 9.17) is 5.73 Å². The molecule has 0 bridgehead atoms. The summed E-state index contributed by atoms with van der Waals surface area (Å²) >= 11 is 0. The average Bonchev–Trinajstić information content (AvgIpc) is 1.86. The quantitative estimate of drug-likeness (QED) is 0.393. The van der Waals surface area contributed by atoms with Crippen molar-refractivity contribution >= 4 is 19.4 Å². The Morgan fingerprint density at radius 2 is 1.82 bits per heavy atom. The summed E-state index contributed by atoms with van der Waals surface area (Å²) in [4.78, 5) is 18.6. The molecule has 0 spiro atoms.